The van der Waals surface area contributed by atoms with Crippen LogP contribution in [0.2, 0.25) is 0 Å². The van der Waals surface area contributed by atoms with Gasteiger partial charge in [0.25, 0.3) is 0 Å². The molecule has 2 rings (SSSR count). The maximum absolute atomic E-state index is 12.3. The summed E-state index contributed by atoms with van der Waals surface area (Å²) in [4.78, 5) is 12.3. The van der Waals surface area contributed by atoms with Crippen LogP contribution in [0.1, 0.15) is 11.1 Å². The summed E-state index contributed by atoms with van der Waals surface area (Å²) in [6.07, 6.45) is 6.25. The smallest absolute Gasteiger partial charge is 0.203 e. The lowest BCUT2D eigenvalue weighted by Crippen LogP contribution is -1.96. The van der Waals surface area contributed by atoms with Crippen LogP contribution in [-0.2, 0) is 4.79 Å². The largest absolute Gasteiger partial charge is 0.493 e. The van der Waals surface area contributed by atoms with E-state index in [0.717, 1.165) is 11.1 Å². The maximum atomic E-state index is 12.3. The molecule has 7 heteroatoms. The number of ether oxygens (including phenoxy) is 6. The van der Waals surface area contributed by atoms with Gasteiger partial charge < -0.3 is 28.4 Å². The minimum absolute atomic E-state index is 0.197. The molecule has 0 heterocycles. The summed E-state index contributed by atoms with van der Waals surface area (Å²) in [5.74, 6) is 2.83. The molecule has 0 atom stereocenters. The predicted molar refractivity (Wildman–Crippen MR) is 115 cm³/mol. The lowest BCUT2D eigenvalue weighted by atomic mass is 10.1. The first-order chi connectivity index (χ1) is 14.5. The average molecular weight is 414 g/mol. The van der Waals surface area contributed by atoms with Crippen LogP contribution in [0.15, 0.2) is 36.4 Å². The topological polar surface area (TPSA) is 72.5 Å². The van der Waals surface area contributed by atoms with Crippen molar-refractivity contribution >= 4 is 17.9 Å². The molecule has 0 spiro atoms. The van der Waals surface area contributed by atoms with Crippen molar-refractivity contribution in [2.75, 3.05) is 42.7 Å². The Kier molecular flexibility index (Phi) is 8.17. The Hall–Kier alpha value is -3.61. The van der Waals surface area contributed by atoms with Crippen LogP contribution >= 0.6 is 0 Å². The van der Waals surface area contributed by atoms with Crippen LogP contribution in [0, 0.1) is 0 Å². The van der Waals surface area contributed by atoms with Gasteiger partial charge in [0, 0.05) is 0 Å². The number of carbonyl (C=O) groups excluding carboxylic acids is 1. The van der Waals surface area contributed by atoms with Gasteiger partial charge in [-0.1, -0.05) is 12.2 Å². The Bertz CT molecular complexity index is 819. The van der Waals surface area contributed by atoms with E-state index in [4.69, 9.17) is 28.4 Å². The lowest BCUT2D eigenvalue weighted by Gasteiger charge is -2.12. The molecule has 0 fully saturated rings. The molecule has 0 unspecified atom stereocenters. The molecule has 2 aromatic carbocycles. The second-order valence-electron chi connectivity index (χ2n) is 5.99. The van der Waals surface area contributed by atoms with Crippen LogP contribution in [-0.4, -0.2) is 48.4 Å². The molecule has 0 aliphatic rings. The molecule has 0 saturated heterocycles. The van der Waals surface area contributed by atoms with Gasteiger partial charge in [0.15, 0.2) is 28.8 Å². The molecule has 0 N–H and O–H groups in total. The standard InChI is InChI=1S/C23H26O7/c1-25-18-11-15(12-19(26-2)22(18)29-5)7-9-17(24)10-8-16-13-20(27-3)23(30-6)21(14-16)28-4/h7-14H,1-6H3/b9-7+,10-8+. The summed E-state index contributed by atoms with van der Waals surface area (Å²) in [6.45, 7) is 0. The number of methoxy groups -OCH3 is 6. The SMILES string of the molecule is COc1cc(/C=C/C(=O)/C=C/c2cc(OC)c(OC)c(OC)c2)cc(OC)c1OC. The van der Waals surface area contributed by atoms with Crippen molar-refractivity contribution in [2.24, 2.45) is 0 Å². The van der Waals surface area contributed by atoms with Crippen molar-refractivity contribution in [3.05, 3.63) is 47.5 Å². The van der Waals surface area contributed by atoms with Gasteiger partial charge in [-0.15, -0.1) is 0 Å². The first-order valence-electron chi connectivity index (χ1n) is 9.01. The Balaban J connectivity index is 2.23. The molecule has 30 heavy (non-hydrogen) atoms. The molecular formula is C23H26O7. The molecule has 160 valence electrons. The first kappa shape index (κ1) is 22.7. The van der Waals surface area contributed by atoms with Crippen molar-refractivity contribution in [3.8, 4) is 34.5 Å². The van der Waals surface area contributed by atoms with Crippen LogP contribution in [0.3, 0.4) is 0 Å². The highest BCUT2D eigenvalue weighted by molar-refractivity contribution is 6.04. The number of rotatable bonds is 10. The number of benzene rings is 2. The molecule has 0 saturated carbocycles. The van der Waals surface area contributed by atoms with E-state index < -0.39 is 0 Å². The van der Waals surface area contributed by atoms with E-state index in [2.05, 4.69) is 0 Å². The van der Waals surface area contributed by atoms with Gasteiger partial charge in [-0.3, -0.25) is 4.79 Å². The van der Waals surface area contributed by atoms with E-state index in [-0.39, 0.29) is 5.78 Å². The fraction of sp³-hybridized carbons (Fsp3) is 0.261. The summed E-state index contributed by atoms with van der Waals surface area (Å²) in [6, 6.07) is 7.03. The summed E-state index contributed by atoms with van der Waals surface area (Å²) >= 11 is 0. The molecule has 0 radical (unpaired) electrons. The highest BCUT2D eigenvalue weighted by Gasteiger charge is 2.13. The van der Waals surface area contributed by atoms with Gasteiger partial charge in [0.2, 0.25) is 11.5 Å². The maximum Gasteiger partial charge on any atom is 0.203 e. The highest BCUT2D eigenvalue weighted by atomic mass is 16.5. The van der Waals surface area contributed by atoms with E-state index in [0.29, 0.717) is 34.5 Å². The number of ketones is 1. The molecule has 7 nitrogen and oxygen atoms in total. The molecule has 2 aromatic rings. The number of hydrogen-bond acceptors (Lipinski definition) is 7. The fourth-order valence-electron chi connectivity index (χ4n) is 2.81. The van der Waals surface area contributed by atoms with Gasteiger partial charge in [-0.05, 0) is 47.5 Å². The quantitative estimate of drug-likeness (QED) is 0.544. The van der Waals surface area contributed by atoms with Crippen molar-refractivity contribution in [2.45, 2.75) is 0 Å². The second kappa shape index (κ2) is 10.8. The molecule has 0 aromatic heterocycles. The van der Waals surface area contributed by atoms with Crippen LogP contribution < -0.4 is 28.4 Å². The zero-order chi connectivity index (χ0) is 22.1. The Labute approximate surface area is 176 Å². The predicted octanol–water partition coefficient (Wildman–Crippen LogP) is 4.03. The summed E-state index contributed by atoms with van der Waals surface area (Å²) in [5, 5.41) is 0. The number of carbonyl (C=O) groups is 1. The van der Waals surface area contributed by atoms with Gasteiger partial charge in [-0.25, -0.2) is 0 Å². The zero-order valence-electron chi connectivity index (χ0n) is 18.0. The van der Waals surface area contributed by atoms with Crippen molar-refractivity contribution in [1.29, 1.82) is 0 Å². The van der Waals surface area contributed by atoms with Gasteiger partial charge in [0.05, 0.1) is 42.7 Å². The lowest BCUT2D eigenvalue weighted by molar-refractivity contribution is -0.110. The zero-order valence-corrected chi connectivity index (χ0v) is 18.0. The second-order valence-corrected chi connectivity index (χ2v) is 5.99. The monoisotopic (exact) mass is 414 g/mol. The van der Waals surface area contributed by atoms with E-state index >= 15 is 0 Å². The number of allylic oxidation sites excluding steroid dienone is 2. The average Bonchev–Trinajstić information content (AvgIpc) is 2.79. The van der Waals surface area contributed by atoms with E-state index in [1.165, 1.54) is 54.8 Å². The fourth-order valence-corrected chi connectivity index (χ4v) is 2.81. The van der Waals surface area contributed by atoms with Gasteiger partial charge >= 0.3 is 0 Å². The molecular weight excluding hydrogens is 388 g/mol. The van der Waals surface area contributed by atoms with Crippen LogP contribution in [0.25, 0.3) is 12.2 Å². The molecule has 0 bridgehead atoms. The van der Waals surface area contributed by atoms with Crippen LogP contribution in [0.5, 0.6) is 34.5 Å². The van der Waals surface area contributed by atoms with Crippen molar-refractivity contribution in [1.82, 2.24) is 0 Å². The summed E-state index contributed by atoms with van der Waals surface area (Å²) in [5.41, 5.74) is 1.47. The summed E-state index contributed by atoms with van der Waals surface area (Å²) < 4.78 is 31.9. The Morgan fingerprint density at radius 2 is 0.867 bits per heavy atom. The highest BCUT2D eigenvalue weighted by Crippen LogP contribution is 2.39. The first-order valence-corrected chi connectivity index (χ1v) is 9.01. The van der Waals surface area contributed by atoms with Crippen molar-refractivity contribution < 1.29 is 33.2 Å². The van der Waals surface area contributed by atoms with Gasteiger partial charge in [0.1, 0.15) is 0 Å². The summed E-state index contributed by atoms with van der Waals surface area (Å²) in [7, 11) is 9.22. The van der Waals surface area contributed by atoms with Gasteiger partial charge in [-0.2, -0.15) is 0 Å². The minimum Gasteiger partial charge on any atom is -0.493 e. The van der Waals surface area contributed by atoms with E-state index in [1.54, 1.807) is 36.4 Å². The third kappa shape index (κ3) is 5.26. The van der Waals surface area contributed by atoms with Crippen molar-refractivity contribution in [3.63, 3.8) is 0 Å². The third-order valence-corrected chi connectivity index (χ3v) is 4.25. The Morgan fingerprint density at radius 3 is 1.10 bits per heavy atom. The molecule has 0 aliphatic heterocycles. The normalized spacial score (nSPS) is 10.9. The minimum atomic E-state index is -0.197. The van der Waals surface area contributed by atoms with E-state index in [9.17, 15) is 4.79 Å². The van der Waals surface area contributed by atoms with Crippen LogP contribution in [0.4, 0.5) is 0 Å². The molecule has 0 aliphatic carbocycles. The molecule has 0 amide bonds. The Morgan fingerprint density at radius 1 is 0.567 bits per heavy atom. The van der Waals surface area contributed by atoms with E-state index in [1.807, 2.05) is 0 Å². The third-order valence-electron chi connectivity index (χ3n) is 4.25. The number of hydrogen-bond donors (Lipinski definition) is 0.